The summed E-state index contributed by atoms with van der Waals surface area (Å²) in [4.78, 5) is 18.8. The van der Waals surface area contributed by atoms with E-state index in [-0.39, 0.29) is 35.5 Å². The van der Waals surface area contributed by atoms with Crippen LogP contribution in [0.3, 0.4) is 0 Å². The van der Waals surface area contributed by atoms with Crippen molar-refractivity contribution in [3.63, 3.8) is 0 Å². The van der Waals surface area contributed by atoms with Crippen LogP contribution in [0.5, 0.6) is 6.01 Å². The van der Waals surface area contributed by atoms with E-state index in [1.807, 2.05) is 36.4 Å². The molecule has 212 valence electrons. The minimum absolute atomic E-state index is 0.109. The van der Waals surface area contributed by atoms with Crippen LogP contribution in [0.4, 0.5) is 10.2 Å². The van der Waals surface area contributed by atoms with Gasteiger partial charge in [-0.1, -0.05) is 41.9 Å². The third-order valence-corrected chi connectivity index (χ3v) is 9.92. The largest absolute Gasteiger partial charge is 0.459 e. The Morgan fingerprint density at radius 1 is 1.10 bits per heavy atom. The molecule has 0 saturated carbocycles. The fourth-order valence-electron chi connectivity index (χ4n) is 7.68. The minimum atomic E-state index is -0.514. The van der Waals surface area contributed by atoms with Crippen LogP contribution in [0.25, 0.3) is 32.9 Å². The standard InChI is InChI=1S/C31H32ClFN6O2/c32-24-7-2-5-18-4-1-6-22(25(18)24)27-26(33)28-23(13-34-27)29(38-14-19-8-9-20(15-38)35-19)37-30(36-28)41-21-12-31(17-40)10-3-11-39(31)16-21/h1-2,4-7,13,19-21,35,40H,3,8-12,14-17H2/t19-,20+,21?,31?. The van der Waals surface area contributed by atoms with Gasteiger partial charge in [0.25, 0.3) is 0 Å². The smallest absolute Gasteiger partial charge is 0.319 e. The number of anilines is 1. The van der Waals surface area contributed by atoms with Crippen molar-refractivity contribution in [2.45, 2.75) is 55.8 Å². The number of hydrogen-bond acceptors (Lipinski definition) is 8. The summed E-state index contributed by atoms with van der Waals surface area (Å²) in [5.74, 6) is 0.146. The predicted molar refractivity (Wildman–Crippen MR) is 157 cm³/mol. The molecule has 4 saturated heterocycles. The van der Waals surface area contributed by atoms with E-state index in [2.05, 4.69) is 25.1 Å². The molecule has 2 unspecified atom stereocenters. The monoisotopic (exact) mass is 574 g/mol. The van der Waals surface area contributed by atoms with Gasteiger partial charge in [-0.2, -0.15) is 9.97 Å². The van der Waals surface area contributed by atoms with E-state index in [1.54, 1.807) is 6.20 Å². The summed E-state index contributed by atoms with van der Waals surface area (Å²) in [5.41, 5.74) is 0.780. The van der Waals surface area contributed by atoms with Crippen molar-refractivity contribution in [2.24, 2.45) is 0 Å². The first-order valence-corrected chi connectivity index (χ1v) is 15.0. The number of fused-ring (bicyclic) bond motifs is 5. The Kier molecular flexibility index (Phi) is 6.07. The normalized spacial score (nSPS) is 27.7. The van der Waals surface area contributed by atoms with Gasteiger partial charge in [-0.15, -0.1) is 0 Å². The van der Waals surface area contributed by atoms with Crippen LogP contribution in [0.1, 0.15) is 32.1 Å². The minimum Gasteiger partial charge on any atom is -0.459 e. The molecule has 2 aromatic heterocycles. The molecule has 4 atom stereocenters. The zero-order valence-electron chi connectivity index (χ0n) is 22.7. The molecule has 4 aromatic rings. The van der Waals surface area contributed by atoms with Gasteiger partial charge in [0.1, 0.15) is 23.1 Å². The molecule has 2 aromatic carbocycles. The first-order valence-electron chi connectivity index (χ1n) is 14.6. The van der Waals surface area contributed by atoms with Crippen molar-refractivity contribution in [3.8, 4) is 17.3 Å². The number of benzene rings is 2. The van der Waals surface area contributed by atoms with Crippen molar-refractivity contribution in [1.29, 1.82) is 0 Å². The fraction of sp³-hybridized carbons (Fsp3) is 0.452. The number of hydrogen-bond donors (Lipinski definition) is 2. The van der Waals surface area contributed by atoms with Gasteiger partial charge in [-0.25, -0.2) is 4.39 Å². The number of halogens is 2. The van der Waals surface area contributed by atoms with E-state index in [1.165, 1.54) is 0 Å². The summed E-state index contributed by atoms with van der Waals surface area (Å²) in [7, 11) is 0. The van der Waals surface area contributed by atoms with Gasteiger partial charge < -0.3 is 20.1 Å². The van der Waals surface area contributed by atoms with Crippen LogP contribution in [0.2, 0.25) is 5.02 Å². The van der Waals surface area contributed by atoms with Gasteiger partial charge >= 0.3 is 6.01 Å². The third-order valence-electron chi connectivity index (χ3n) is 9.61. The highest BCUT2D eigenvalue weighted by molar-refractivity contribution is 6.36. The van der Waals surface area contributed by atoms with E-state index in [9.17, 15) is 5.11 Å². The molecule has 8 nitrogen and oxygen atoms in total. The molecule has 4 aliphatic heterocycles. The lowest BCUT2D eigenvalue weighted by atomic mass is 9.94. The molecule has 0 radical (unpaired) electrons. The number of ether oxygens (including phenoxy) is 1. The van der Waals surface area contributed by atoms with Crippen LogP contribution in [-0.4, -0.2) is 81.5 Å². The molecule has 10 heteroatoms. The Bertz CT molecular complexity index is 1650. The highest BCUT2D eigenvalue weighted by Crippen LogP contribution is 2.41. The van der Waals surface area contributed by atoms with E-state index >= 15 is 4.39 Å². The van der Waals surface area contributed by atoms with E-state index < -0.39 is 5.82 Å². The maximum Gasteiger partial charge on any atom is 0.319 e. The number of aliphatic hydroxyl groups excluding tert-OH is 1. The van der Waals surface area contributed by atoms with Gasteiger partial charge in [-0.3, -0.25) is 9.88 Å². The van der Waals surface area contributed by atoms with Crippen LogP contribution >= 0.6 is 11.6 Å². The summed E-state index contributed by atoms with van der Waals surface area (Å²) in [6, 6.07) is 12.3. The molecule has 2 N–H and O–H groups in total. The van der Waals surface area contributed by atoms with Gasteiger partial charge in [0.15, 0.2) is 5.82 Å². The Morgan fingerprint density at radius 3 is 2.68 bits per heavy atom. The highest BCUT2D eigenvalue weighted by atomic mass is 35.5. The predicted octanol–water partition coefficient (Wildman–Crippen LogP) is 4.56. The molecule has 4 aliphatic rings. The van der Waals surface area contributed by atoms with Crippen molar-refractivity contribution in [1.82, 2.24) is 25.2 Å². The number of pyridine rings is 1. The second-order valence-electron chi connectivity index (χ2n) is 12.1. The Hall–Kier alpha value is -3.11. The Labute approximate surface area is 242 Å². The van der Waals surface area contributed by atoms with E-state index in [4.69, 9.17) is 21.3 Å². The summed E-state index contributed by atoms with van der Waals surface area (Å²) in [6.45, 7) is 3.33. The molecule has 0 spiro atoms. The van der Waals surface area contributed by atoms with E-state index in [0.717, 1.165) is 56.1 Å². The highest BCUT2D eigenvalue weighted by Gasteiger charge is 2.49. The molecule has 41 heavy (non-hydrogen) atoms. The Morgan fingerprint density at radius 2 is 1.90 bits per heavy atom. The quantitative estimate of drug-likeness (QED) is 0.359. The molecular formula is C31H32ClFN6O2. The van der Waals surface area contributed by atoms with Crippen molar-refractivity contribution in [2.75, 3.05) is 37.7 Å². The van der Waals surface area contributed by atoms with Crippen LogP contribution in [-0.2, 0) is 0 Å². The van der Waals surface area contributed by atoms with Crippen LogP contribution in [0, 0.1) is 5.82 Å². The maximum absolute atomic E-state index is 16.6. The van der Waals surface area contributed by atoms with Gasteiger partial charge in [0.05, 0.1) is 12.0 Å². The molecule has 2 bridgehead atoms. The number of aliphatic hydroxyl groups is 1. The molecule has 6 heterocycles. The van der Waals surface area contributed by atoms with Gasteiger partial charge in [0, 0.05) is 65.8 Å². The first kappa shape index (κ1) is 25.6. The number of aromatic nitrogens is 3. The lowest BCUT2D eigenvalue weighted by molar-refractivity contribution is 0.0992. The van der Waals surface area contributed by atoms with Crippen molar-refractivity contribution in [3.05, 3.63) is 53.4 Å². The van der Waals surface area contributed by atoms with Crippen LogP contribution in [0.15, 0.2) is 42.6 Å². The number of rotatable bonds is 5. The summed E-state index contributed by atoms with van der Waals surface area (Å²) >= 11 is 6.60. The Balaban J connectivity index is 1.25. The zero-order chi connectivity index (χ0) is 27.7. The second kappa shape index (κ2) is 9.73. The second-order valence-corrected chi connectivity index (χ2v) is 12.5. The maximum atomic E-state index is 16.6. The molecule has 0 aliphatic carbocycles. The molecule has 0 amide bonds. The number of nitrogens with zero attached hydrogens (tertiary/aromatic N) is 5. The molecule has 8 rings (SSSR count). The van der Waals surface area contributed by atoms with Crippen LogP contribution < -0.4 is 15.0 Å². The van der Waals surface area contributed by atoms with Gasteiger partial charge in [-0.05, 0) is 43.7 Å². The average Bonchev–Trinajstić information content (AvgIpc) is 3.64. The number of nitrogens with one attached hydrogen (secondary N) is 1. The van der Waals surface area contributed by atoms with Gasteiger partial charge in [0.2, 0.25) is 0 Å². The first-order chi connectivity index (χ1) is 20.0. The lowest BCUT2D eigenvalue weighted by Crippen LogP contribution is -2.51. The SMILES string of the molecule is OCC12CCCN1CC(Oc1nc(N3C[C@H]4CC[C@@H](C3)N4)c3cnc(-c4cccc5cccc(Cl)c45)c(F)c3n1)C2. The third kappa shape index (κ3) is 4.16. The van der Waals surface area contributed by atoms with Crippen molar-refractivity contribution >= 4 is 39.1 Å². The molecular weight excluding hydrogens is 543 g/mol. The fourth-order valence-corrected chi connectivity index (χ4v) is 7.97. The lowest BCUT2D eigenvalue weighted by Gasteiger charge is -2.34. The average molecular weight is 575 g/mol. The summed E-state index contributed by atoms with van der Waals surface area (Å²) in [6.07, 6.45) is 6.49. The topological polar surface area (TPSA) is 86.6 Å². The summed E-state index contributed by atoms with van der Waals surface area (Å²) in [5, 5.41) is 16.6. The van der Waals surface area contributed by atoms with Crippen molar-refractivity contribution < 1.29 is 14.2 Å². The summed E-state index contributed by atoms with van der Waals surface area (Å²) < 4.78 is 23.0. The van der Waals surface area contributed by atoms with E-state index in [0.29, 0.717) is 46.8 Å². The molecule has 4 fully saturated rings. The number of piperazine rings is 1. The zero-order valence-corrected chi connectivity index (χ0v) is 23.4.